The molecule has 1 heterocycles. The Hall–Kier alpha value is -1.96. The van der Waals surface area contributed by atoms with E-state index in [1.807, 2.05) is 4.90 Å². The summed E-state index contributed by atoms with van der Waals surface area (Å²) < 4.78 is 36.7. The topological polar surface area (TPSA) is 64.8 Å². The molecule has 22 heavy (non-hydrogen) atoms. The quantitative estimate of drug-likeness (QED) is 0.596. The van der Waals surface area contributed by atoms with Crippen molar-refractivity contribution in [2.75, 3.05) is 33.4 Å². The smallest absolute Gasteiger partial charge is 0.273 e. The van der Waals surface area contributed by atoms with Crippen LogP contribution < -0.4 is 9.47 Å². The first-order chi connectivity index (χ1) is 10.4. The monoisotopic (exact) mass is 316 g/mol. The fourth-order valence-corrected chi connectivity index (χ4v) is 2.28. The molecule has 0 N–H and O–H groups in total. The highest BCUT2D eigenvalue weighted by Gasteiger charge is 2.33. The third kappa shape index (κ3) is 4.27. The molecule has 0 unspecified atom stereocenters. The minimum atomic E-state index is -2.57. The maximum atomic E-state index is 13.0. The third-order valence-electron chi connectivity index (χ3n) is 3.61. The van der Waals surface area contributed by atoms with Gasteiger partial charge in [-0.2, -0.15) is 0 Å². The lowest BCUT2D eigenvalue weighted by Crippen LogP contribution is -2.41. The number of hydrogen-bond acceptors (Lipinski definition) is 5. The van der Waals surface area contributed by atoms with Crippen molar-refractivity contribution in [1.29, 1.82) is 0 Å². The van der Waals surface area contributed by atoms with Crippen LogP contribution in [0.3, 0.4) is 0 Å². The molecule has 0 amide bonds. The second-order valence-corrected chi connectivity index (χ2v) is 5.14. The van der Waals surface area contributed by atoms with E-state index in [1.54, 1.807) is 0 Å². The molecule has 1 aromatic rings. The summed E-state index contributed by atoms with van der Waals surface area (Å²) in [5.74, 6) is -1.89. The Morgan fingerprint density at radius 2 is 2.00 bits per heavy atom. The molecule has 8 heteroatoms. The van der Waals surface area contributed by atoms with E-state index < -0.39 is 10.8 Å². The Labute approximate surface area is 126 Å². The summed E-state index contributed by atoms with van der Waals surface area (Å²) in [6.07, 6.45) is -0.291. The molecule has 1 aliphatic heterocycles. The van der Waals surface area contributed by atoms with Gasteiger partial charge < -0.3 is 9.47 Å². The fraction of sp³-hybridized carbons (Fsp3) is 0.571. The summed E-state index contributed by atoms with van der Waals surface area (Å²) in [7, 11) is 1.45. The van der Waals surface area contributed by atoms with Crippen LogP contribution in [-0.2, 0) is 0 Å². The standard InChI is InChI=1S/C14H18F2N2O4/c1-21-12-3-2-11(18(19)20)10-13(12)22-9-8-17-6-4-14(15,16)5-7-17/h2-3,10H,4-9H2,1H3. The highest BCUT2D eigenvalue weighted by atomic mass is 19.3. The van der Waals surface area contributed by atoms with Gasteiger partial charge in [0, 0.05) is 38.5 Å². The van der Waals surface area contributed by atoms with Gasteiger partial charge in [0.2, 0.25) is 0 Å². The molecule has 122 valence electrons. The Morgan fingerprint density at radius 3 is 2.59 bits per heavy atom. The van der Waals surface area contributed by atoms with E-state index in [0.29, 0.717) is 25.4 Å². The van der Waals surface area contributed by atoms with E-state index in [0.717, 1.165) is 0 Å². The van der Waals surface area contributed by atoms with Crippen LogP contribution in [0.4, 0.5) is 14.5 Å². The average Bonchev–Trinajstić information content (AvgIpc) is 2.48. The van der Waals surface area contributed by atoms with E-state index in [9.17, 15) is 18.9 Å². The second-order valence-electron chi connectivity index (χ2n) is 5.14. The summed E-state index contributed by atoms with van der Waals surface area (Å²) >= 11 is 0. The van der Waals surface area contributed by atoms with Crippen LogP contribution in [0, 0.1) is 10.1 Å². The lowest BCUT2D eigenvalue weighted by atomic mass is 10.1. The molecule has 1 aliphatic rings. The van der Waals surface area contributed by atoms with Crippen molar-refractivity contribution in [2.45, 2.75) is 18.8 Å². The van der Waals surface area contributed by atoms with Crippen molar-refractivity contribution < 1.29 is 23.2 Å². The van der Waals surface area contributed by atoms with Crippen molar-refractivity contribution in [1.82, 2.24) is 4.90 Å². The molecule has 0 aliphatic carbocycles. The van der Waals surface area contributed by atoms with Crippen LogP contribution in [0.25, 0.3) is 0 Å². The summed E-state index contributed by atoms with van der Waals surface area (Å²) in [6, 6.07) is 4.09. The zero-order chi connectivity index (χ0) is 16.2. The fourth-order valence-electron chi connectivity index (χ4n) is 2.28. The lowest BCUT2D eigenvalue weighted by Gasteiger charge is -2.31. The average molecular weight is 316 g/mol. The van der Waals surface area contributed by atoms with Gasteiger partial charge in [0.1, 0.15) is 6.61 Å². The van der Waals surface area contributed by atoms with Crippen LogP contribution in [-0.4, -0.2) is 49.1 Å². The molecule has 0 saturated carbocycles. The lowest BCUT2D eigenvalue weighted by molar-refractivity contribution is -0.385. The van der Waals surface area contributed by atoms with E-state index in [4.69, 9.17) is 9.47 Å². The minimum Gasteiger partial charge on any atom is -0.493 e. The third-order valence-corrected chi connectivity index (χ3v) is 3.61. The predicted molar refractivity (Wildman–Crippen MR) is 75.8 cm³/mol. The van der Waals surface area contributed by atoms with Crippen molar-refractivity contribution in [3.05, 3.63) is 28.3 Å². The highest BCUT2D eigenvalue weighted by molar-refractivity contribution is 5.48. The molecule has 0 spiro atoms. The van der Waals surface area contributed by atoms with Crippen molar-refractivity contribution in [2.24, 2.45) is 0 Å². The number of nitrogens with zero attached hydrogens (tertiary/aromatic N) is 2. The van der Waals surface area contributed by atoms with E-state index in [2.05, 4.69) is 0 Å². The predicted octanol–water partition coefficient (Wildman–Crippen LogP) is 2.71. The van der Waals surface area contributed by atoms with Crippen molar-refractivity contribution in [3.8, 4) is 11.5 Å². The number of likely N-dealkylation sites (tertiary alicyclic amines) is 1. The second kappa shape index (κ2) is 6.87. The molecule has 2 rings (SSSR count). The van der Waals surface area contributed by atoms with Crippen LogP contribution in [0.1, 0.15) is 12.8 Å². The van der Waals surface area contributed by atoms with Gasteiger partial charge in [0.15, 0.2) is 11.5 Å². The summed E-state index contributed by atoms with van der Waals surface area (Å²) in [5.41, 5.74) is -0.0894. The maximum absolute atomic E-state index is 13.0. The number of rotatable bonds is 6. The van der Waals surface area contributed by atoms with Gasteiger partial charge in [-0.25, -0.2) is 8.78 Å². The molecule has 0 radical (unpaired) electrons. The van der Waals surface area contributed by atoms with Gasteiger partial charge in [0.25, 0.3) is 11.6 Å². The van der Waals surface area contributed by atoms with Gasteiger partial charge in [-0.15, -0.1) is 0 Å². The van der Waals surface area contributed by atoms with Gasteiger partial charge in [-0.3, -0.25) is 15.0 Å². The number of piperidine rings is 1. The number of alkyl halides is 2. The Bertz CT molecular complexity index is 530. The normalized spacial score (nSPS) is 18.0. The molecule has 1 aromatic carbocycles. The summed E-state index contributed by atoms with van der Waals surface area (Å²) in [4.78, 5) is 12.1. The van der Waals surface area contributed by atoms with E-state index in [-0.39, 0.29) is 30.9 Å². The molecule has 0 aromatic heterocycles. The molecule has 6 nitrogen and oxygen atoms in total. The Balaban J connectivity index is 1.88. The number of ether oxygens (including phenoxy) is 2. The first kappa shape index (κ1) is 16.4. The summed E-state index contributed by atoms with van der Waals surface area (Å²) in [6.45, 7) is 1.38. The Kier molecular flexibility index (Phi) is 5.12. The number of methoxy groups -OCH3 is 1. The largest absolute Gasteiger partial charge is 0.493 e. The van der Waals surface area contributed by atoms with Gasteiger partial charge in [0.05, 0.1) is 18.1 Å². The molecule has 0 bridgehead atoms. The SMILES string of the molecule is COc1ccc([N+](=O)[O-])cc1OCCN1CCC(F)(F)CC1. The number of nitro benzene ring substituents is 1. The van der Waals surface area contributed by atoms with Gasteiger partial charge >= 0.3 is 0 Å². The van der Waals surface area contributed by atoms with Crippen LogP contribution in [0.2, 0.25) is 0 Å². The number of benzene rings is 1. The Morgan fingerprint density at radius 1 is 1.32 bits per heavy atom. The van der Waals surface area contributed by atoms with Crippen molar-refractivity contribution >= 4 is 5.69 Å². The number of nitro groups is 1. The van der Waals surface area contributed by atoms with Crippen LogP contribution >= 0.6 is 0 Å². The van der Waals surface area contributed by atoms with Crippen LogP contribution in [0.15, 0.2) is 18.2 Å². The zero-order valence-corrected chi connectivity index (χ0v) is 12.3. The first-order valence-corrected chi connectivity index (χ1v) is 6.97. The molecule has 1 fully saturated rings. The zero-order valence-electron chi connectivity index (χ0n) is 12.3. The van der Waals surface area contributed by atoms with Crippen LogP contribution in [0.5, 0.6) is 11.5 Å². The number of non-ortho nitro benzene ring substituents is 1. The van der Waals surface area contributed by atoms with Crippen molar-refractivity contribution in [3.63, 3.8) is 0 Å². The van der Waals surface area contributed by atoms with Gasteiger partial charge in [-0.05, 0) is 6.07 Å². The molecule has 0 atom stereocenters. The highest BCUT2D eigenvalue weighted by Crippen LogP contribution is 2.31. The van der Waals surface area contributed by atoms with E-state index in [1.165, 1.54) is 25.3 Å². The minimum absolute atomic E-state index is 0.0894. The number of hydrogen-bond donors (Lipinski definition) is 0. The first-order valence-electron chi connectivity index (χ1n) is 6.97. The van der Waals surface area contributed by atoms with E-state index >= 15 is 0 Å². The number of halogens is 2. The molecular weight excluding hydrogens is 298 g/mol. The molecular formula is C14H18F2N2O4. The van der Waals surface area contributed by atoms with Gasteiger partial charge in [-0.1, -0.05) is 0 Å². The molecule has 1 saturated heterocycles. The maximum Gasteiger partial charge on any atom is 0.273 e. The summed E-state index contributed by atoms with van der Waals surface area (Å²) in [5, 5.41) is 10.8.